The quantitative estimate of drug-likeness (QED) is 0.617. The van der Waals surface area contributed by atoms with Gasteiger partial charge in [0.25, 0.3) is 0 Å². The predicted molar refractivity (Wildman–Crippen MR) is 117 cm³/mol. The molecule has 0 aromatic heterocycles. The minimum Gasteiger partial charge on any atom is -0.497 e. The molecule has 0 radical (unpaired) electrons. The lowest BCUT2D eigenvalue weighted by atomic mass is 10.0. The third kappa shape index (κ3) is 5.47. The maximum Gasteiger partial charge on any atom is 0.247 e. The number of nitrogens with zero attached hydrogens (tertiary/aromatic N) is 1. The third-order valence-corrected chi connectivity index (χ3v) is 4.90. The van der Waals surface area contributed by atoms with Crippen LogP contribution < -0.4 is 10.1 Å². The van der Waals surface area contributed by atoms with Crippen molar-refractivity contribution in [2.75, 3.05) is 7.11 Å². The van der Waals surface area contributed by atoms with Gasteiger partial charge in [-0.3, -0.25) is 9.59 Å². The van der Waals surface area contributed by atoms with Gasteiger partial charge in [0.2, 0.25) is 11.8 Å². The zero-order chi connectivity index (χ0) is 21.3. The first-order valence-electron chi connectivity index (χ1n) is 9.85. The van der Waals surface area contributed by atoms with Crippen molar-refractivity contribution in [3.63, 3.8) is 0 Å². The summed E-state index contributed by atoms with van der Waals surface area (Å²) in [4.78, 5) is 27.4. The van der Waals surface area contributed by atoms with Gasteiger partial charge in [-0.1, -0.05) is 72.8 Å². The molecule has 0 unspecified atom stereocenters. The molecular formula is C25H26N2O3. The van der Waals surface area contributed by atoms with Gasteiger partial charge in [-0.2, -0.15) is 0 Å². The molecular weight excluding hydrogens is 376 g/mol. The largest absolute Gasteiger partial charge is 0.497 e. The van der Waals surface area contributed by atoms with Crippen molar-refractivity contribution < 1.29 is 14.3 Å². The number of methoxy groups -OCH3 is 1. The molecule has 5 nitrogen and oxygen atoms in total. The predicted octanol–water partition coefficient (Wildman–Crippen LogP) is 4.10. The zero-order valence-electron chi connectivity index (χ0n) is 17.2. The molecule has 3 aromatic carbocycles. The molecule has 0 aliphatic carbocycles. The van der Waals surface area contributed by atoms with Crippen molar-refractivity contribution in [3.8, 4) is 5.75 Å². The summed E-state index contributed by atoms with van der Waals surface area (Å²) in [5, 5.41) is 2.98. The van der Waals surface area contributed by atoms with Crippen LogP contribution >= 0.6 is 0 Å². The molecule has 5 heteroatoms. The minimum absolute atomic E-state index is 0.160. The smallest absolute Gasteiger partial charge is 0.247 e. The molecule has 1 atom stereocenters. The van der Waals surface area contributed by atoms with Crippen LogP contribution in [0.4, 0.5) is 0 Å². The van der Waals surface area contributed by atoms with Crippen LogP contribution in [-0.2, 0) is 22.7 Å². The average molecular weight is 402 g/mol. The first-order chi connectivity index (χ1) is 14.6. The maximum atomic E-state index is 13.2. The van der Waals surface area contributed by atoms with Gasteiger partial charge in [0.1, 0.15) is 11.8 Å². The fourth-order valence-electron chi connectivity index (χ4n) is 3.30. The minimum atomic E-state index is -0.720. The Balaban J connectivity index is 1.83. The monoisotopic (exact) mass is 402 g/mol. The van der Waals surface area contributed by atoms with E-state index in [9.17, 15) is 9.59 Å². The van der Waals surface area contributed by atoms with E-state index in [0.717, 1.165) is 22.4 Å². The normalized spacial score (nSPS) is 11.4. The van der Waals surface area contributed by atoms with Crippen LogP contribution in [0.3, 0.4) is 0 Å². The summed E-state index contributed by atoms with van der Waals surface area (Å²) in [5.41, 5.74) is 2.70. The van der Waals surface area contributed by atoms with Gasteiger partial charge in [-0.05, 0) is 28.8 Å². The Morgan fingerprint density at radius 3 is 2.03 bits per heavy atom. The summed E-state index contributed by atoms with van der Waals surface area (Å²) in [6, 6.07) is 25.9. The van der Waals surface area contributed by atoms with Crippen LogP contribution in [0, 0.1) is 0 Å². The second-order valence-electron chi connectivity index (χ2n) is 7.01. The zero-order valence-corrected chi connectivity index (χ0v) is 17.2. The lowest BCUT2D eigenvalue weighted by Gasteiger charge is -2.30. The molecule has 0 aliphatic heterocycles. The summed E-state index contributed by atoms with van der Waals surface area (Å²) in [6.07, 6.45) is 0. The molecule has 1 N–H and O–H groups in total. The molecule has 3 aromatic rings. The molecule has 0 aliphatic rings. The van der Waals surface area contributed by atoms with Gasteiger partial charge in [0.05, 0.1) is 7.11 Å². The van der Waals surface area contributed by atoms with Crippen LogP contribution in [0.1, 0.15) is 29.7 Å². The number of ether oxygens (including phenoxy) is 1. The van der Waals surface area contributed by atoms with E-state index in [0.29, 0.717) is 13.1 Å². The average Bonchev–Trinajstić information content (AvgIpc) is 2.79. The number of carbonyl (C=O) groups excluding carboxylic acids is 2. The van der Waals surface area contributed by atoms with Gasteiger partial charge < -0.3 is 15.0 Å². The molecule has 0 saturated heterocycles. The van der Waals surface area contributed by atoms with Crippen LogP contribution in [-0.4, -0.2) is 23.8 Å². The van der Waals surface area contributed by atoms with Crippen LogP contribution in [0.25, 0.3) is 0 Å². The number of rotatable bonds is 8. The Bertz CT molecular complexity index is 957. The Morgan fingerprint density at radius 1 is 0.867 bits per heavy atom. The fourth-order valence-corrected chi connectivity index (χ4v) is 3.30. The summed E-state index contributed by atoms with van der Waals surface area (Å²) >= 11 is 0. The van der Waals surface area contributed by atoms with Crippen LogP contribution in [0.2, 0.25) is 0 Å². The van der Waals surface area contributed by atoms with Crippen LogP contribution in [0.5, 0.6) is 5.75 Å². The van der Waals surface area contributed by atoms with E-state index in [2.05, 4.69) is 5.32 Å². The van der Waals surface area contributed by atoms with E-state index in [1.165, 1.54) is 6.92 Å². The van der Waals surface area contributed by atoms with Gasteiger partial charge >= 0.3 is 0 Å². The molecule has 0 saturated carbocycles. The molecule has 3 rings (SSSR count). The van der Waals surface area contributed by atoms with Gasteiger partial charge in [-0.15, -0.1) is 0 Å². The molecule has 0 fully saturated rings. The topological polar surface area (TPSA) is 58.6 Å². The van der Waals surface area contributed by atoms with Gasteiger partial charge in [0.15, 0.2) is 0 Å². The lowest BCUT2D eigenvalue weighted by Crippen LogP contribution is -2.42. The van der Waals surface area contributed by atoms with E-state index in [-0.39, 0.29) is 11.8 Å². The summed E-state index contributed by atoms with van der Waals surface area (Å²) in [5.74, 6) is 0.383. The van der Waals surface area contributed by atoms with E-state index in [4.69, 9.17) is 4.74 Å². The second-order valence-corrected chi connectivity index (χ2v) is 7.01. The number of hydrogen-bond acceptors (Lipinski definition) is 3. The first-order valence-corrected chi connectivity index (χ1v) is 9.85. The number of carbonyl (C=O) groups is 2. The van der Waals surface area contributed by atoms with Crippen molar-refractivity contribution in [1.82, 2.24) is 10.2 Å². The number of nitrogens with one attached hydrogen (secondary N) is 1. The van der Waals surface area contributed by atoms with Crippen molar-refractivity contribution in [1.29, 1.82) is 0 Å². The van der Waals surface area contributed by atoms with Gasteiger partial charge in [0, 0.05) is 20.0 Å². The molecule has 2 amide bonds. The maximum absolute atomic E-state index is 13.2. The van der Waals surface area contributed by atoms with Crippen molar-refractivity contribution in [3.05, 3.63) is 102 Å². The second kappa shape index (κ2) is 10.3. The van der Waals surface area contributed by atoms with Crippen molar-refractivity contribution >= 4 is 11.8 Å². The van der Waals surface area contributed by atoms with Crippen LogP contribution in [0.15, 0.2) is 84.9 Å². The van der Waals surface area contributed by atoms with Crippen molar-refractivity contribution in [2.24, 2.45) is 0 Å². The molecule has 0 heterocycles. The highest BCUT2D eigenvalue weighted by Crippen LogP contribution is 2.24. The fraction of sp³-hybridized carbons (Fsp3) is 0.200. The number of benzene rings is 3. The number of amides is 2. The standard InChI is InChI=1S/C25H26N2O3/c1-19(28)27(18-21-9-5-3-6-10-21)24(22-11-7-4-8-12-22)25(29)26-17-20-13-15-23(30-2)16-14-20/h3-16,24H,17-18H2,1-2H3,(H,26,29)/t24-/m0/s1. The van der Waals surface area contributed by atoms with Crippen molar-refractivity contribution in [2.45, 2.75) is 26.1 Å². The molecule has 154 valence electrons. The lowest BCUT2D eigenvalue weighted by molar-refractivity contribution is -0.140. The first kappa shape index (κ1) is 21.1. The Morgan fingerprint density at radius 2 is 1.47 bits per heavy atom. The van der Waals surface area contributed by atoms with E-state index >= 15 is 0 Å². The van der Waals surface area contributed by atoms with E-state index < -0.39 is 6.04 Å². The summed E-state index contributed by atoms with van der Waals surface area (Å²) < 4.78 is 5.17. The molecule has 0 spiro atoms. The third-order valence-electron chi connectivity index (χ3n) is 4.90. The Hall–Kier alpha value is -3.60. The SMILES string of the molecule is COc1ccc(CNC(=O)[C@H](c2ccccc2)N(Cc2ccccc2)C(C)=O)cc1. The summed E-state index contributed by atoms with van der Waals surface area (Å²) in [7, 11) is 1.62. The molecule has 0 bridgehead atoms. The highest BCUT2D eigenvalue weighted by Gasteiger charge is 2.29. The molecule has 30 heavy (non-hydrogen) atoms. The Kier molecular flexibility index (Phi) is 7.22. The highest BCUT2D eigenvalue weighted by atomic mass is 16.5. The summed E-state index contributed by atoms with van der Waals surface area (Å²) in [6.45, 7) is 2.21. The van der Waals surface area contributed by atoms with Gasteiger partial charge in [-0.25, -0.2) is 0 Å². The number of hydrogen-bond donors (Lipinski definition) is 1. The van der Waals surface area contributed by atoms with E-state index in [1.54, 1.807) is 12.0 Å². The highest BCUT2D eigenvalue weighted by molar-refractivity contribution is 5.88. The van der Waals surface area contributed by atoms with E-state index in [1.807, 2.05) is 84.9 Å². The Labute approximate surface area is 177 Å².